The lowest BCUT2D eigenvalue weighted by molar-refractivity contribution is -0.197. The van der Waals surface area contributed by atoms with Gasteiger partial charge in [-0.25, -0.2) is 0 Å². The summed E-state index contributed by atoms with van der Waals surface area (Å²) in [4.78, 5) is 48.2. The highest BCUT2D eigenvalue weighted by atomic mass is 16.5. The fourth-order valence-electron chi connectivity index (χ4n) is 12.7. The summed E-state index contributed by atoms with van der Waals surface area (Å²) in [6.07, 6.45) is 12.9. The van der Waals surface area contributed by atoms with Crippen LogP contribution in [0.4, 0.5) is 0 Å². The molecule has 0 aromatic carbocycles. The molecule has 7 rings (SSSR count). The van der Waals surface area contributed by atoms with Crippen molar-refractivity contribution in [3.05, 3.63) is 11.6 Å². The summed E-state index contributed by atoms with van der Waals surface area (Å²) in [6.45, 7) is 13.9. The van der Waals surface area contributed by atoms with E-state index in [1.54, 1.807) is 0 Å². The van der Waals surface area contributed by atoms with Gasteiger partial charge in [0, 0.05) is 38.1 Å². The third kappa shape index (κ3) is 4.37. The number of aldehydes is 1. The summed E-state index contributed by atoms with van der Waals surface area (Å²) < 4.78 is 7.35. The molecule has 0 aromatic heterocycles. The van der Waals surface area contributed by atoms with Gasteiger partial charge in [0.05, 0.1) is 23.7 Å². The molecule has 1 amide bonds. The molecule has 8 heteroatoms. The van der Waals surface area contributed by atoms with Crippen LogP contribution in [0.25, 0.3) is 0 Å². The third-order valence-electron chi connectivity index (χ3n) is 14.8. The van der Waals surface area contributed by atoms with Gasteiger partial charge in [0.2, 0.25) is 5.91 Å². The van der Waals surface area contributed by atoms with Crippen LogP contribution in [-0.4, -0.2) is 103 Å². The summed E-state index contributed by atoms with van der Waals surface area (Å²) in [5.41, 5.74) is -1.66. The van der Waals surface area contributed by atoms with Gasteiger partial charge in [0.25, 0.3) is 0 Å². The van der Waals surface area contributed by atoms with Crippen LogP contribution in [0, 0.1) is 51.8 Å². The molecule has 3 aliphatic heterocycles. The Kier molecular flexibility index (Phi) is 8.53. The Balaban J connectivity index is 1.22. The molecule has 7 aliphatic rings. The lowest BCUT2D eigenvalue weighted by atomic mass is 9.41. The van der Waals surface area contributed by atoms with E-state index in [-0.39, 0.29) is 41.9 Å². The lowest BCUT2D eigenvalue weighted by Gasteiger charge is -2.60. The average molecular weight is 638 g/mol. The molecule has 6 fully saturated rings. The topological polar surface area (TPSA) is 90.4 Å². The maximum absolute atomic E-state index is 14.1. The first-order valence-electron chi connectivity index (χ1n) is 18.8. The maximum Gasteiger partial charge on any atom is 0.315 e. The molecule has 8 nitrogen and oxygen atoms in total. The van der Waals surface area contributed by atoms with Gasteiger partial charge in [-0.15, -0.1) is 0 Å². The number of nitrogens with zero attached hydrogens (tertiary/aromatic N) is 3. The van der Waals surface area contributed by atoms with Crippen LogP contribution >= 0.6 is 0 Å². The smallest absolute Gasteiger partial charge is 0.315 e. The van der Waals surface area contributed by atoms with E-state index in [1.807, 2.05) is 0 Å². The number of carboxylic acid groups (broad SMARTS) is 1. The number of aliphatic carboxylic acids is 1. The van der Waals surface area contributed by atoms with Gasteiger partial charge in [0.1, 0.15) is 11.7 Å². The molecule has 0 spiro atoms. The predicted octanol–water partition coefficient (Wildman–Crippen LogP) is 5.11. The molecule has 46 heavy (non-hydrogen) atoms. The van der Waals surface area contributed by atoms with E-state index in [2.05, 4.69) is 55.5 Å². The van der Waals surface area contributed by atoms with E-state index < -0.39 is 22.2 Å². The number of carbonyl (C=O) groups is 3. The number of unbranched alkanes of at least 4 members (excludes halogenated alkanes) is 1. The standard InChI is InChI=1S/C38H59N3O5/c1-6-7-9-26-18-33(46-32(26)22-41-13-8-10-31(41)34(43)40-16-14-39(5)15-17-40)37-21-28-25(4)11-12-29(28)36(23-42)20-27(37)19-30(24(2)3)38(36,37)35(44)45/h19,23-29,31-33H,6-18,20-22H2,1-5H3,(H,44,45)/t25-,26?,27?,28-,29-,31+,32?,33?,36?,37?,38?/m1/s1. The zero-order valence-corrected chi connectivity index (χ0v) is 29.1. The highest BCUT2D eigenvalue weighted by molar-refractivity contribution is 5.90. The molecule has 256 valence electrons. The van der Waals surface area contributed by atoms with Crippen molar-refractivity contribution in [1.82, 2.24) is 14.7 Å². The van der Waals surface area contributed by atoms with E-state index in [4.69, 9.17) is 4.74 Å². The molecule has 4 aliphatic carbocycles. The normalized spacial score (nSPS) is 45.4. The Morgan fingerprint density at radius 1 is 1.11 bits per heavy atom. The monoisotopic (exact) mass is 637 g/mol. The first-order valence-corrected chi connectivity index (χ1v) is 18.8. The van der Waals surface area contributed by atoms with Crippen LogP contribution in [0.3, 0.4) is 0 Å². The average Bonchev–Trinajstić information content (AvgIpc) is 3.84. The van der Waals surface area contributed by atoms with E-state index in [9.17, 15) is 19.5 Å². The second-order valence-corrected chi connectivity index (χ2v) is 17.0. The Bertz CT molecular complexity index is 1240. The van der Waals surface area contributed by atoms with Crippen molar-refractivity contribution >= 4 is 18.2 Å². The Morgan fingerprint density at radius 3 is 2.54 bits per heavy atom. The minimum absolute atomic E-state index is 0.0236. The number of amides is 1. The van der Waals surface area contributed by atoms with Gasteiger partial charge in [-0.1, -0.05) is 58.6 Å². The minimum Gasteiger partial charge on any atom is -0.481 e. The van der Waals surface area contributed by atoms with Crippen LogP contribution < -0.4 is 0 Å². The van der Waals surface area contributed by atoms with Crippen LogP contribution in [0.15, 0.2) is 11.6 Å². The number of likely N-dealkylation sites (N-methyl/N-ethyl adjacent to an activating group) is 1. The summed E-state index contributed by atoms with van der Waals surface area (Å²) in [5, 5.41) is 11.6. The van der Waals surface area contributed by atoms with Gasteiger partial charge in [-0.3, -0.25) is 14.5 Å². The van der Waals surface area contributed by atoms with E-state index in [0.717, 1.165) is 109 Å². The van der Waals surface area contributed by atoms with Crippen LogP contribution in [0.1, 0.15) is 91.9 Å². The largest absolute Gasteiger partial charge is 0.481 e. The molecule has 1 N–H and O–H groups in total. The van der Waals surface area contributed by atoms with Gasteiger partial charge in [0.15, 0.2) is 0 Å². The summed E-state index contributed by atoms with van der Waals surface area (Å²) in [6, 6.07) is -0.0873. The van der Waals surface area contributed by atoms with Crippen molar-refractivity contribution in [3.8, 4) is 0 Å². The molecule has 0 aromatic rings. The highest BCUT2D eigenvalue weighted by Crippen LogP contribution is 2.84. The van der Waals surface area contributed by atoms with Crippen LogP contribution in [0.2, 0.25) is 0 Å². The summed E-state index contributed by atoms with van der Waals surface area (Å²) in [5.74, 6) is 0.933. The Hall–Kier alpha value is -1.77. The van der Waals surface area contributed by atoms with E-state index in [0.29, 0.717) is 24.2 Å². The molecule has 7 unspecified atom stereocenters. The van der Waals surface area contributed by atoms with E-state index in [1.165, 1.54) is 0 Å². The van der Waals surface area contributed by atoms with Crippen molar-refractivity contribution < 1.29 is 24.2 Å². The quantitative estimate of drug-likeness (QED) is 0.263. The minimum atomic E-state index is -1.20. The van der Waals surface area contributed by atoms with Gasteiger partial charge in [-0.2, -0.15) is 0 Å². The van der Waals surface area contributed by atoms with Crippen molar-refractivity contribution in [3.63, 3.8) is 0 Å². The zero-order valence-electron chi connectivity index (χ0n) is 29.1. The first-order chi connectivity index (χ1) is 22.0. The van der Waals surface area contributed by atoms with Gasteiger partial charge in [-0.05, 0) is 94.0 Å². The number of fused-ring (bicyclic) bond motifs is 2. The number of likely N-dealkylation sites (tertiary alicyclic amines) is 1. The second-order valence-electron chi connectivity index (χ2n) is 17.0. The summed E-state index contributed by atoms with van der Waals surface area (Å²) >= 11 is 0. The number of carboxylic acids is 1. The van der Waals surface area contributed by atoms with Crippen molar-refractivity contribution in [2.75, 3.05) is 46.3 Å². The number of hydrogen-bond donors (Lipinski definition) is 1. The first kappa shape index (κ1) is 32.8. The number of rotatable bonds is 10. The van der Waals surface area contributed by atoms with Crippen molar-refractivity contribution in [2.24, 2.45) is 51.8 Å². The van der Waals surface area contributed by atoms with Crippen LogP contribution in [0.5, 0.6) is 0 Å². The lowest BCUT2D eigenvalue weighted by Crippen LogP contribution is -2.65. The highest BCUT2D eigenvalue weighted by Gasteiger charge is 2.86. The number of hydrogen-bond acceptors (Lipinski definition) is 6. The predicted molar refractivity (Wildman–Crippen MR) is 177 cm³/mol. The molecular weight excluding hydrogens is 578 g/mol. The fraction of sp³-hybridized carbons (Fsp3) is 0.868. The van der Waals surface area contributed by atoms with E-state index >= 15 is 0 Å². The molecular formula is C38H59N3O5. The Morgan fingerprint density at radius 2 is 1.87 bits per heavy atom. The molecule has 3 saturated heterocycles. The number of piperazine rings is 1. The molecule has 4 bridgehead atoms. The van der Waals surface area contributed by atoms with Crippen molar-refractivity contribution in [2.45, 2.75) is 110 Å². The summed E-state index contributed by atoms with van der Waals surface area (Å²) in [7, 11) is 2.12. The third-order valence-corrected chi connectivity index (χ3v) is 14.8. The number of allylic oxidation sites excluding steroid dienone is 1. The van der Waals surface area contributed by atoms with Gasteiger partial charge >= 0.3 is 5.97 Å². The van der Waals surface area contributed by atoms with Gasteiger partial charge < -0.3 is 24.4 Å². The molecule has 3 saturated carbocycles. The van der Waals surface area contributed by atoms with Crippen LogP contribution in [-0.2, 0) is 19.1 Å². The zero-order chi connectivity index (χ0) is 32.6. The SMILES string of the molecule is CCCCC1CC(C23C[C@@H]4[C@H](C)CC[C@H]4C4(C=O)CC2C=C(C(C)C)C34C(=O)O)OC1CN1CCC[C@H]1C(=O)N1CCN(C)CC1. The molecule has 3 heterocycles. The number of ether oxygens (including phenoxy) is 1. The fourth-order valence-corrected chi connectivity index (χ4v) is 12.7. The second kappa shape index (κ2) is 12.0. The Labute approximate surface area is 276 Å². The molecule has 0 radical (unpaired) electrons. The molecule has 11 atom stereocenters. The maximum atomic E-state index is 14.1. The van der Waals surface area contributed by atoms with Crippen molar-refractivity contribution in [1.29, 1.82) is 0 Å². The number of carbonyl (C=O) groups excluding carboxylic acids is 2.